The number of halogens is 2. The fourth-order valence-electron chi connectivity index (χ4n) is 2.78. The average molecular weight is 440 g/mol. The molecule has 0 aliphatic carbocycles. The minimum Gasteiger partial charge on any atom is -0.339 e. The van der Waals surface area contributed by atoms with Gasteiger partial charge < -0.3 is 15.1 Å². The van der Waals surface area contributed by atoms with E-state index >= 15 is 0 Å². The molecule has 1 saturated heterocycles. The molecule has 3 rings (SSSR count). The number of rotatable bonds is 4. The second kappa shape index (κ2) is 9.19. The van der Waals surface area contributed by atoms with Crippen molar-refractivity contribution in [2.45, 2.75) is 13.3 Å². The molecule has 11 heteroatoms. The van der Waals surface area contributed by atoms with E-state index in [0.29, 0.717) is 42.7 Å². The summed E-state index contributed by atoms with van der Waals surface area (Å²) >= 11 is 6.91. The number of anilines is 2. The Morgan fingerprint density at radius 1 is 1.17 bits per heavy atom. The van der Waals surface area contributed by atoms with Crippen molar-refractivity contribution in [1.82, 2.24) is 14.8 Å². The maximum Gasteiger partial charge on any atom is 0.323 e. The van der Waals surface area contributed by atoms with E-state index in [1.807, 2.05) is 0 Å². The second-order valence-corrected chi connectivity index (χ2v) is 7.69. The summed E-state index contributed by atoms with van der Waals surface area (Å²) in [6.07, 6.45) is -0.00134. The van der Waals surface area contributed by atoms with E-state index in [-0.39, 0.29) is 29.3 Å². The third kappa shape index (κ3) is 5.64. The highest BCUT2D eigenvalue weighted by Gasteiger charge is 2.23. The van der Waals surface area contributed by atoms with Gasteiger partial charge in [0.15, 0.2) is 5.13 Å². The Bertz CT molecular complexity index is 930. The van der Waals surface area contributed by atoms with Crippen LogP contribution in [0.3, 0.4) is 0 Å². The topological polar surface area (TPSA) is 94.6 Å². The lowest BCUT2D eigenvalue weighted by Crippen LogP contribution is -2.51. The summed E-state index contributed by atoms with van der Waals surface area (Å²) in [6.45, 7) is 3.41. The normalized spacial score (nSPS) is 13.9. The Hall–Kier alpha value is -2.72. The van der Waals surface area contributed by atoms with Gasteiger partial charge in [0.05, 0.1) is 17.1 Å². The SMILES string of the molecule is CC(=O)N1CCN(C(=O)Nc2nc(CC(=O)Nc3ccc(F)c(Cl)c3)cs2)CC1. The number of benzene rings is 1. The maximum absolute atomic E-state index is 13.2. The van der Waals surface area contributed by atoms with Crippen LogP contribution in [0.4, 0.5) is 20.0 Å². The molecular weight excluding hydrogens is 421 g/mol. The van der Waals surface area contributed by atoms with Crippen molar-refractivity contribution in [1.29, 1.82) is 0 Å². The largest absolute Gasteiger partial charge is 0.339 e. The highest BCUT2D eigenvalue weighted by molar-refractivity contribution is 7.13. The van der Waals surface area contributed by atoms with Gasteiger partial charge in [-0.05, 0) is 18.2 Å². The van der Waals surface area contributed by atoms with Gasteiger partial charge in [0, 0.05) is 44.2 Å². The van der Waals surface area contributed by atoms with E-state index in [2.05, 4.69) is 15.6 Å². The minimum atomic E-state index is -0.563. The molecule has 4 amide bonds. The summed E-state index contributed by atoms with van der Waals surface area (Å²) < 4.78 is 13.2. The number of piperazine rings is 1. The van der Waals surface area contributed by atoms with E-state index in [9.17, 15) is 18.8 Å². The van der Waals surface area contributed by atoms with Crippen molar-refractivity contribution in [3.63, 3.8) is 0 Å². The molecule has 2 aromatic rings. The molecule has 0 saturated carbocycles. The van der Waals surface area contributed by atoms with Crippen LogP contribution in [0.5, 0.6) is 0 Å². The number of carbonyl (C=O) groups excluding carboxylic acids is 3. The van der Waals surface area contributed by atoms with E-state index in [1.165, 1.54) is 36.5 Å². The molecule has 1 aliphatic heterocycles. The van der Waals surface area contributed by atoms with Gasteiger partial charge in [0.1, 0.15) is 5.82 Å². The van der Waals surface area contributed by atoms with Gasteiger partial charge in [0.25, 0.3) is 0 Å². The number of nitrogens with one attached hydrogen (secondary N) is 2. The van der Waals surface area contributed by atoms with Crippen molar-refractivity contribution in [3.8, 4) is 0 Å². The number of aromatic nitrogens is 1. The minimum absolute atomic E-state index is 0.00134. The fraction of sp³-hybridized carbons (Fsp3) is 0.333. The van der Waals surface area contributed by atoms with E-state index in [0.717, 1.165) is 0 Å². The number of urea groups is 1. The first-order chi connectivity index (χ1) is 13.8. The Labute approximate surface area is 175 Å². The third-order valence-electron chi connectivity index (χ3n) is 4.32. The zero-order valence-corrected chi connectivity index (χ0v) is 17.1. The van der Waals surface area contributed by atoms with E-state index in [1.54, 1.807) is 15.2 Å². The lowest BCUT2D eigenvalue weighted by atomic mass is 10.2. The number of hydrogen-bond donors (Lipinski definition) is 2. The van der Waals surface area contributed by atoms with Gasteiger partial charge in [-0.2, -0.15) is 0 Å². The van der Waals surface area contributed by atoms with Crippen molar-refractivity contribution in [2.24, 2.45) is 0 Å². The van der Waals surface area contributed by atoms with Crippen molar-refractivity contribution in [2.75, 3.05) is 36.8 Å². The van der Waals surface area contributed by atoms with Crippen LogP contribution in [0.25, 0.3) is 0 Å². The number of nitrogens with zero attached hydrogens (tertiary/aromatic N) is 3. The van der Waals surface area contributed by atoms with Crippen LogP contribution in [-0.4, -0.2) is 58.8 Å². The van der Waals surface area contributed by atoms with Gasteiger partial charge in [-0.3, -0.25) is 14.9 Å². The first-order valence-electron chi connectivity index (χ1n) is 8.82. The molecular formula is C18H19ClFN5O3S. The summed E-state index contributed by atoms with van der Waals surface area (Å²) in [5.41, 5.74) is 0.882. The molecule has 0 atom stereocenters. The Morgan fingerprint density at radius 2 is 1.86 bits per heavy atom. The standard InChI is InChI=1S/C18H19ClFN5O3S/c1-11(26)24-4-6-25(7-5-24)18(28)23-17-22-13(10-29-17)9-16(27)21-12-2-3-15(20)14(19)8-12/h2-3,8,10H,4-7,9H2,1H3,(H,21,27)(H,22,23,28). The number of hydrogen-bond acceptors (Lipinski definition) is 5. The van der Waals surface area contributed by atoms with Gasteiger partial charge in [-0.15, -0.1) is 11.3 Å². The first-order valence-corrected chi connectivity index (χ1v) is 10.1. The highest BCUT2D eigenvalue weighted by atomic mass is 35.5. The van der Waals surface area contributed by atoms with E-state index in [4.69, 9.17) is 11.6 Å². The predicted octanol–water partition coefficient (Wildman–Crippen LogP) is 2.81. The van der Waals surface area contributed by atoms with Crippen LogP contribution >= 0.6 is 22.9 Å². The Kier molecular flexibility index (Phi) is 6.65. The summed E-state index contributed by atoms with van der Waals surface area (Å²) in [7, 11) is 0. The maximum atomic E-state index is 13.2. The monoisotopic (exact) mass is 439 g/mol. The number of amides is 4. The van der Waals surface area contributed by atoms with Gasteiger partial charge >= 0.3 is 6.03 Å². The lowest BCUT2D eigenvalue weighted by Gasteiger charge is -2.33. The number of thiazole rings is 1. The summed E-state index contributed by atoms with van der Waals surface area (Å²) in [4.78, 5) is 43.4. The van der Waals surface area contributed by atoms with Crippen LogP contribution in [0.15, 0.2) is 23.6 Å². The zero-order valence-electron chi connectivity index (χ0n) is 15.6. The molecule has 154 valence electrons. The molecule has 1 aromatic heterocycles. The lowest BCUT2D eigenvalue weighted by molar-refractivity contribution is -0.130. The van der Waals surface area contributed by atoms with Gasteiger partial charge in [0.2, 0.25) is 11.8 Å². The van der Waals surface area contributed by atoms with Crippen LogP contribution in [0.2, 0.25) is 5.02 Å². The zero-order chi connectivity index (χ0) is 21.0. The predicted molar refractivity (Wildman–Crippen MR) is 109 cm³/mol. The molecule has 29 heavy (non-hydrogen) atoms. The average Bonchev–Trinajstić information content (AvgIpc) is 3.11. The molecule has 0 spiro atoms. The number of carbonyl (C=O) groups is 3. The molecule has 0 unspecified atom stereocenters. The molecule has 0 bridgehead atoms. The third-order valence-corrected chi connectivity index (χ3v) is 5.42. The molecule has 1 fully saturated rings. The van der Waals surface area contributed by atoms with Crippen LogP contribution < -0.4 is 10.6 Å². The van der Waals surface area contributed by atoms with Gasteiger partial charge in [-0.25, -0.2) is 14.2 Å². The summed E-state index contributed by atoms with van der Waals surface area (Å²) in [5, 5.41) is 7.32. The van der Waals surface area contributed by atoms with Crippen LogP contribution in [0.1, 0.15) is 12.6 Å². The van der Waals surface area contributed by atoms with Crippen molar-refractivity contribution >= 4 is 51.6 Å². The first kappa shape index (κ1) is 21.0. The fourth-order valence-corrected chi connectivity index (χ4v) is 3.66. The molecule has 2 heterocycles. The van der Waals surface area contributed by atoms with Crippen LogP contribution in [-0.2, 0) is 16.0 Å². The quantitative estimate of drug-likeness (QED) is 0.765. The van der Waals surface area contributed by atoms with Gasteiger partial charge in [-0.1, -0.05) is 11.6 Å². The smallest absolute Gasteiger partial charge is 0.323 e. The Balaban J connectivity index is 1.50. The highest BCUT2D eigenvalue weighted by Crippen LogP contribution is 2.20. The summed E-state index contributed by atoms with van der Waals surface area (Å²) in [6, 6.07) is 3.62. The van der Waals surface area contributed by atoms with Crippen LogP contribution in [0, 0.1) is 5.82 Å². The second-order valence-electron chi connectivity index (χ2n) is 6.42. The molecule has 1 aliphatic rings. The Morgan fingerprint density at radius 3 is 2.52 bits per heavy atom. The molecule has 8 nitrogen and oxygen atoms in total. The summed E-state index contributed by atoms with van der Waals surface area (Å²) in [5.74, 6) is -0.903. The molecule has 0 radical (unpaired) electrons. The molecule has 1 aromatic carbocycles. The van der Waals surface area contributed by atoms with Crippen molar-refractivity contribution in [3.05, 3.63) is 40.1 Å². The van der Waals surface area contributed by atoms with Crippen molar-refractivity contribution < 1.29 is 18.8 Å². The molecule has 2 N–H and O–H groups in total. The van der Waals surface area contributed by atoms with E-state index < -0.39 is 5.82 Å².